The van der Waals surface area contributed by atoms with Crippen molar-refractivity contribution in [1.29, 1.82) is 0 Å². The largest absolute Gasteiger partial charge is 0.497 e. The molecule has 5 aliphatic rings. The Hall–Kier alpha value is -4.16. The molecule has 6 heterocycles. The number of hydrogen-bond donors (Lipinski definition) is 1. The summed E-state index contributed by atoms with van der Waals surface area (Å²) in [6.07, 6.45) is 3.63. The highest BCUT2D eigenvalue weighted by Crippen LogP contribution is 2.67. The molecule has 12 heteroatoms. The quantitative estimate of drug-likeness (QED) is 0.201. The summed E-state index contributed by atoms with van der Waals surface area (Å²) in [6.45, 7) is 1.19. The Morgan fingerprint density at radius 1 is 0.933 bits per heavy atom. The monoisotopic (exact) mass is 640 g/mol. The standard InChI is InChI=1S/C33H32N6O4S2/c1-42-23-13-9-21(10-14-23)27-19-37(36-35-27)17-5-6-18-38-29-28(40)39-30-32(20-33(39,31(38)41)45-44-29,22-11-15-24(43-2)16-12-22)25-7-3-4-8-26(25)34-30/h3-4,7-16,19,29-30,34H,5-6,17-18,20H2,1-2H3/t29?,30-,32+,33+/m1/s1. The van der Waals surface area contributed by atoms with Crippen LogP contribution in [0.2, 0.25) is 0 Å². The molecule has 1 spiro atoms. The van der Waals surface area contributed by atoms with Gasteiger partial charge < -0.3 is 19.7 Å². The van der Waals surface area contributed by atoms with Crippen LogP contribution in [0.3, 0.4) is 0 Å². The van der Waals surface area contributed by atoms with Gasteiger partial charge in [0, 0.05) is 30.8 Å². The molecule has 1 aromatic heterocycles. The first-order chi connectivity index (χ1) is 22.0. The second kappa shape index (κ2) is 10.7. The number of hydrogen-bond acceptors (Lipinski definition) is 9. The molecule has 230 valence electrons. The zero-order valence-corrected chi connectivity index (χ0v) is 26.5. The van der Waals surface area contributed by atoms with Crippen LogP contribution in [-0.2, 0) is 21.5 Å². The molecular weight excluding hydrogens is 609 g/mol. The molecule has 45 heavy (non-hydrogen) atoms. The van der Waals surface area contributed by atoms with E-state index in [1.165, 1.54) is 10.8 Å². The average Bonchev–Trinajstić information content (AvgIpc) is 3.76. The molecule has 4 aromatic rings. The molecule has 4 fully saturated rings. The van der Waals surface area contributed by atoms with Crippen LogP contribution in [-0.4, -0.2) is 73.8 Å². The summed E-state index contributed by atoms with van der Waals surface area (Å²) in [7, 11) is 6.38. The highest BCUT2D eigenvalue weighted by molar-refractivity contribution is 8.78. The molecule has 2 amide bonds. The van der Waals surface area contributed by atoms with E-state index in [0.717, 1.165) is 52.4 Å². The van der Waals surface area contributed by atoms with Crippen LogP contribution in [0, 0.1) is 0 Å². The van der Waals surface area contributed by atoms with Gasteiger partial charge in [0.15, 0.2) is 10.2 Å². The SMILES string of the molecule is COc1ccc(-c2cn(CCCCN3C(=O)[C@@]45C[C@]6(c7ccc(OC)cc7)c7ccccc7N[C@@H]6N4C(=O)C3SS5)nn2)cc1. The first-order valence-electron chi connectivity index (χ1n) is 15.0. The molecule has 1 unspecified atom stereocenters. The fourth-order valence-electron chi connectivity index (χ4n) is 7.34. The second-order valence-electron chi connectivity index (χ2n) is 11.8. The van der Waals surface area contributed by atoms with Gasteiger partial charge in [-0.3, -0.25) is 19.2 Å². The predicted molar refractivity (Wildman–Crippen MR) is 174 cm³/mol. The number of amides is 2. The number of benzene rings is 3. The van der Waals surface area contributed by atoms with E-state index >= 15 is 0 Å². The number of anilines is 1. The average molecular weight is 641 g/mol. The van der Waals surface area contributed by atoms with Crippen molar-refractivity contribution in [3.8, 4) is 22.8 Å². The minimum absolute atomic E-state index is 0.000507. The van der Waals surface area contributed by atoms with Gasteiger partial charge in [0.2, 0.25) is 0 Å². The summed E-state index contributed by atoms with van der Waals surface area (Å²) in [5.74, 6) is 1.59. The maximum atomic E-state index is 14.4. The van der Waals surface area contributed by atoms with Gasteiger partial charge in [0.05, 0.1) is 25.8 Å². The van der Waals surface area contributed by atoms with Crippen LogP contribution in [0.5, 0.6) is 11.5 Å². The molecule has 3 aromatic carbocycles. The third-order valence-corrected chi connectivity index (χ3v) is 12.7. The number of nitrogens with zero attached hydrogens (tertiary/aromatic N) is 5. The number of aryl methyl sites for hydroxylation is 1. The van der Waals surface area contributed by atoms with Crippen LogP contribution in [0.15, 0.2) is 79.0 Å². The van der Waals surface area contributed by atoms with Gasteiger partial charge in [-0.1, -0.05) is 57.1 Å². The van der Waals surface area contributed by atoms with Gasteiger partial charge in [0.25, 0.3) is 11.8 Å². The third-order valence-electron chi connectivity index (χ3n) is 9.50. The van der Waals surface area contributed by atoms with E-state index in [2.05, 4.69) is 39.9 Å². The van der Waals surface area contributed by atoms with E-state index in [1.807, 2.05) is 69.2 Å². The highest BCUT2D eigenvalue weighted by Gasteiger charge is 2.74. The Bertz CT molecular complexity index is 1780. The summed E-state index contributed by atoms with van der Waals surface area (Å²) in [4.78, 5) is 31.4. The van der Waals surface area contributed by atoms with Crippen molar-refractivity contribution in [2.75, 3.05) is 26.1 Å². The normalized spacial score (nSPS) is 26.0. The minimum Gasteiger partial charge on any atom is -0.497 e. The van der Waals surface area contributed by atoms with Crippen molar-refractivity contribution < 1.29 is 19.1 Å². The van der Waals surface area contributed by atoms with Crippen LogP contribution in [0.4, 0.5) is 5.69 Å². The molecule has 2 bridgehead atoms. The molecule has 5 aliphatic heterocycles. The first-order valence-corrected chi connectivity index (χ1v) is 17.2. The number of carbonyl (C=O) groups excluding carboxylic acids is 2. The summed E-state index contributed by atoms with van der Waals surface area (Å²) in [6, 6.07) is 24.0. The van der Waals surface area contributed by atoms with E-state index in [0.29, 0.717) is 19.5 Å². The van der Waals surface area contributed by atoms with E-state index < -0.39 is 15.7 Å². The zero-order chi connectivity index (χ0) is 30.8. The molecule has 0 saturated carbocycles. The molecule has 0 radical (unpaired) electrons. The van der Waals surface area contributed by atoms with Gasteiger partial charge >= 0.3 is 0 Å². The number of aromatic nitrogens is 3. The maximum absolute atomic E-state index is 14.4. The van der Waals surface area contributed by atoms with Crippen LogP contribution in [0.1, 0.15) is 30.4 Å². The zero-order valence-electron chi connectivity index (χ0n) is 24.9. The fraction of sp³-hybridized carbons (Fsp3) is 0.333. The topological polar surface area (TPSA) is 102 Å². The predicted octanol–water partition coefficient (Wildman–Crippen LogP) is 4.97. The minimum atomic E-state index is -0.985. The number of para-hydroxylation sites is 1. The number of rotatable bonds is 9. The molecule has 0 aliphatic carbocycles. The Labute approximate surface area is 268 Å². The van der Waals surface area contributed by atoms with E-state index in [4.69, 9.17) is 9.47 Å². The Balaban J connectivity index is 1.01. The summed E-state index contributed by atoms with van der Waals surface area (Å²) < 4.78 is 12.5. The first kappa shape index (κ1) is 28.3. The lowest BCUT2D eigenvalue weighted by molar-refractivity contribution is -0.159. The van der Waals surface area contributed by atoms with Gasteiger partial charge in [-0.25, -0.2) is 0 Å². The number of unbranched alkanes of at least 4 members (excludes halogenated alkanes) is 1. The molecule has 9 rings (SSSR count). The van der Waals surface area contributed by atoms with Gasteiger partial charge in [-0.2, -0.15) is 0 Å². The number of fused-ring (bicyclic) bond motifs is 5. The molecule has 4 atom stereocenters. The van der Waals surface area contributed by atoms with Crippen molar-refractivity contribution in [1.82, 2.24) is 24.8 Å². The lowest BCUT2D eigenvalue weighted by Gasteiger charge is -2.53. The summed E-state index contributed by atoms with van der Waals surface area (Å²) >= 11 is 0. The van der Waals surface area contributed by atoms with Gasteiger partial charge in [-0.15, -0.1) is 5.10 Å². The third kappa shape index (κ3) is 4.18. The van der Waals surface area contributed by atoms with Crippen LogP contribution < -0.4 is 14.8 Å². The Morgan fingerprint density at radius 3 is 2.40 bits per heavy atom. The van der Waals surface area contributed by atoms with Gasteiger partial charge in [-0.05, 0) is 66.4 Å². The van der Waals surface area contributed by atoms with Crippen molar-refractivity contribution in [2.24, 2.45) is 0 Å². The van der Waals surface area contributed by atoms with Crippen molar-refractivity contribution in [3.63, 3.8) is 0 Å². The number of ether oxygens (including phenoxy) is 2. The molecule has 1 N–H and O–H groups in total. The number of methoxy groups -OCH3 is 2. The number of carbonyl (C=O) groups is 2. The maximum Gasteiger partial charge on any atom is 0.261 e. The van der Waals surface area contributed by atoms with E-state index in [1.54, 1.807) is 25.0 Å². The molecule has 10 nitrogen and oxygen atoms in total. The van der Waals surface area contributed by atoms with Crippen molar-refractivity contribution in [3.05, 3.63) is 90.1 Å². The van der Waals surface area contributed by atoms with E-state index in [9.17, 15) is 9.59 Å². The molecular formula is C33H32N6O4S2. The van der Waals surface area contributed by atoms with Gasteiger partial charge in [0.1, 0.15) is 23.4 Å². The van der Waals surface area contributed by atoms with Crippen LogP contribution >= 0.6 is 21.6 Å². The van der Waals surface area contributed by atoms with E-state index in [-0.39, 0.29) is 18.0 Å². The van der Waals surface area contributed by atoms with Crippen LogP contribution in [0.25, 0.3) is 11.3 Å². The number of nitrogens with one attached hydrogen (secondary N) is 1. The van der Waals surface area contributed by atoms with Crippen molar-refractivity contribution >= 4 is 39.1 Å². The lowest BCUT2D eigenvalue weighted by Crippen LogP contribution is -2.71. The highest BCUT2D eigenvalue weighted by atomic mass is 33.1. The fourth-order valence-corrected chi connectivity index (χ4v) is 10.8. The smallest absolute Gasteiger partial charge is 0.261 e. The molecule has 4 saturated heterocycles. The number of piperazine rings is 1. The second-order valence-corrected chi connectivity index (χ2v) is 14.4. The Kier molecular flexibility index (Phi) is 6.75. The van der Waals surface area contributed by atoms with Crippen molar-refractivity contribution in [2.45, 2.75) is 47.6 Å². The Morgan fingerprint density at radius 2 is 1.64 bits per heavy atom. The summed E-state index contributed by atoms with van der Waals surface area (Å²) in [5, 5.41) is 11.7. The lowest BCUT2D eigenvalue weighted by atomic mass is 9.72. The summed E-state index contributed by atoms with van der Waals surface area (Å²) in [5.41, 5.74) is 4.39.